The molecular weight excluding hydrogens is 986 g/mol. The maximum Gasteiger partial charge on any atom is 0.305 e. The number of nitrogens with zero attached hydrogens (tertiary/aromatic N) is 2. The van der Waals surface area contributed by atoms with E-state index in [4.69, 9.17) is 9.47 Å². The van der Waals surface area contributed by atoms with Crippen LogP contribution in [0.1, 0.15) is 228 Å². The molecule has 338 valence electrons. The fourth-order valence-electron chi connectivity index (χ4n) is 7.62. The fourth-order valence-corrected chi connectivity index (χ4v) is 9.64. The molecule has 0 amide bonds. The van der Waals surface area contributed by atoms with Crippen LogP contribution in [0.5, 0.6) is 0 Å². The van der Waals surface area contributed by atoms with Gasteiger partial charge in [0.2, 0.25) is 11.0 Å². The Kier molecular flexibility index (Phi) is 40.5. The molecule has 0 aliphatic heterocycles. The highest BCUT2D eigenvalue weighted by atomic mass is 127. The van der Waals surface area contributed by atoms with Gasteiger partial charge in [0.1, 0.15) is 13.1 Å². The van der Waals surface area contributed by atoms with Crippen molar-refractivity contribution in [2.45, 2.75) is 246 Å². The first kappa shape index (κ1) is 57.7. The van der Waals surface area contributed by atoms with Gasteiger partial charge in [-0.3, -0.25) is 9.59 Å². The zero-order valence-electron chi connectivity index (χ0n) is 37.7. The highest BCUT2D eigenvalue weighted by Crippen LogP contribution is 2.17. The first-order chi connectivity index (χ1) is 27.5. The van der Waals surface area contributed by atoms with E-state index in [0.717, 1.165) is 51.6 Å². The van der Waals surface area contributed by atoms with E-state index >= 15 is 0 Å². The maximum atomic E-state index is 12.3. The van der Waals surface area contributed by atoms with Gasteiger partial charge in [-0.05, 0) is 25.7 Å². The third kappa shape index (κ3) is 29.8. The summed E-state index contributed by atoms with van der Waals surface area (Å²) < 4.78 is 15.9. The minimum absolute atomic E-state index is 0. The van der Waals surface area contributed by atoms with E-state index in [-0.39, 0.29) is 59.9 Å². The van der Waals surface area contributed by atoms with E-state index in [0.29, 0.717) is 26.1 Å². The Bertz CT molecular complexity index is 1160. The molecule has 0 spiro atoms. The number of aryl methyl sites for hydroxylation is 2. The number of aromatic nitrogens is 2. The smallest absolute Gasteiger partial charge is 0.305 e. The molecule has 0 atom stereocenters. The molecule has 0 aliphatic rings. The SMILES string of the molecule is CCCCCCCCCCCCCC[n+]1csc(CCOC(=O)CCCCCCC(=O)OCCc2sc[n+](CCCCCCCCCCCCCC)c2C)c1C.[I-].[I-]. The molecule has 0 aromatic carbocycles. The van der Waals surface area contributed by atoms with Crippen molar-refractivity contribution in [3.63, 3.8) is 0 Å². The molecule has 58 heavy (non-hydrogen) atoms. The Labute approximate surface area is 399 Å². The first-order valence-electron chi connectivity index (χ1n) is 23.7. The average molecular weight is 1070 g/mol. The predicted molar refractivity (Wildman–Crippen MR) is 238 cm³/mol. The van der Waals surface area contributed by atoms with Crippen molar-refractivity contribution < 1.29 is 76.2 Å². The van der Waals surface area contributed by atoms with Gasteiger partial charge >= 0.3 is 11.9 Å². The van der Waals surface area contributed by atoms with Crippen molar-refractivity contribution in [3.8, 4) is 0 Å². The van der Waals surface area contributed by atoms with Crippen molar-refractivity contribution in [2.24, 2.45) is 0 Å². The van der Waals surface area contributed by atoms with Gasteiger partial charge in [-0.2, -0.15) is 9.13 Å². The van der Waals surface area contributed by atoms with Crippen LogP contribution in [-0.2, 0) is 45.0 Å². The topological polar surface area (TPSA) is 60.4 Å². The van der Waals surface area contributed by atoms with Crippen molar-refractivity contribution in [2.75, 3.05) is 13.2 Å². The monoisotopic (exact) mass is 1070 g/mol. The zero-order chi connectivity index (χ0) is 40.3. The summed E-state index contributed by atoms with van der Waals surface area (Å²) in [6, 6.07) is 0. The van der Waals surface area contributed by atoms with Gasteiger partial charge in [-0.15, -0.1) is 0 Å². The highest BCUT2D eigenvalue weighted by Gasteiger charge is 2.17. The molecule has 10 heteroatoms. The van der Waals surface area contributed by atoms with Crippen LogP contribution < -0.4 is 57.1 Å². The van der Waals surface area contributed by atoms with Crippen LogP contribution in [0.4, 0.5) is 0 Å². The lowest BCUT2D eigenvalue weighted by atomic mass is 10.1. The Balaban J connectivity index is 0.0000162. The molecule has 6 nitrogen and oxygen atoms in total. The van der Waals surface area contributed by atoms with Crippen LogP contribution in [0.3, 0.4) is 0 Å². The van der Waals surface area contributed by atoms with Gasteiger partial charge in [0.15, 0.2) is 11.4 Å². The lowest BCUT2D eigenvalue weighted by Gasteiger charge is -2.05. The van der Waals surface area contributed by atoms with Crippen LogP contribution in [0, 0.1) is 13.8 Å². The molecule has 0 saturated carbocycles. The number of halogens is 2. The summed E-state index contributed by atoms with van der Waals surface area (Å²) >= 11 is 3.57. The van der Waals surface area contributed by atoms with Crippen molar-refractivity contribution in [3.05, 3.63) is 32.2 Å². The third-order valence-electron chi connectivity index (χ3n) is 11.5. The summed E-state index contributed by atoms with van der Waals surface area (Å²) in [4.78, 5) is 27.3. The second kappa shape index (κ2) is 40.7. The second-order valence-corrected chi connectivity index (χ2v) is 18.4. The van der Waals surface area contributed by atoms with Crippen LogP contribution >= 0.6 is 22.7 Å². The molecule has 2 aromatic heterocycles. The van der Waals surface area contributed by atoms with Crippen LogP contribution in [-0.4, -0.2) is 25.2 Å². The van der Waals surface area contributed by atoms with E-state index in [1.54, 1.807) is 22.7 Å². The van der Waals surface area contributed by atoms with E-state index in [9.17, 15) is 9.59 Å². The van der Waals surface area contributed by atoms with Gasteiger partial charge in [0.25, 0.3) is 0 Å². The number of carbonyl (C=O) groups is 2. The number of rotatable bonds is 39. The van der Waals surface area contributed by atoms with E-state index < -0.39 is 0 Å². The summed E-state index contributed by atoms with van der Waals surface area (Å²) in [5, 5.41) is 0. The predicted octanol–water partition coefficient (Wildman–Crippen LogP) is 7.62. The fraction of sp³-hybridized carbons (Fsp3) is 0.833. The quantitative estimate of drug-likeness (QED) is 0.0300. The molecule has 0 aliphatic carbocycles. The number of hydrogen-bond acceptors (Lipinski definition) is 6. The standard InChI is InChI=1S/C48H86N2O4S2.2HI/c1-5-7-9-11-13-15-17-19-21-23-27-31-37-49-41-55-45(43(49)3)35-39-53-47(51)33-29-25-26-30-34-48(52)54-40-36-46-44(4)50(42-56-46)38-32-28-24-22-20-18-16-14-12-10-8-6-2;;/h41-42H,5-40H2,1-4H3;2*1H/q+2;;/p-2. The van der Waals surface area contributed by atoms with Crippen LogP contribution in [0.25, 0.3) is 0 Å². The summed E-state index contributed by atoms with van der Waals surface area (Å²) in [7, 11) is 0. The Morgan fingerprint density at radius 3 is 1.03 bits per heavy atom. The Morgan fingerprint density at radius 1 is 0.448 bits per heavy atom. The van der Waals surface area contributed by atoms with Gasteiger partial charge in [-0.25, -0.2) is 0 Å². The average Bonchev–Trinajstić information content (AvgIpc) is 3.73. The van der Waals surface area contributed by atoms with Crippen molar-refractivity contribution in [1.29, 1.82) is 0 Å². The number of ether oxygens (including phenoxy) is 2. The molecule has 0 fully saturated rings. The molecule has 0 unspecified atom stereocenters. The lowest BCUT2D eigenvalue weighted by molar-refractivity contribution is -0.698. The van der Waals surface area contributed by atoms with E-state index in [2.05, 4.69) is 47.9 Å². The molecule has 0 N–H and O–H groups in total. The number of hydrogen-bond donors (Lipinski definition) is 0. The number of esters is 2. The molecule has 0 radical (unpaired) electrons. The Hall–Kier alpha value is -0.340. The van der Waals surface area contributed by atoms with Crippen molar-refractivity contribution in [1.82, 2.24) is 0 Å². The van der Waals surface area contributed by atoms with Gasteiger partial charge < -0.3 is 57.4 Å². The lowest BCUT2D eigenvalue weighted by Crippen LogP contribution is -3.00. The third-order valence-corrected chi connectivity index (χ3v) is 13.8. The van der Waals surface area contributed by atoms with E-state index in [1.807, 2.05) is 0 Å². The molecule has 0 saturated heterocycles. The van der Waals surface area contributed by atoms with Gasteiger partial charge in [0.05, 0.1) is 23.0 Å². The molecular formula is C48H86I2N2O4S2. The van der Waals surface area contributed by atoms with Gasteiger partial charge in [-0.1, -0.05) is 178 Å². The minimum Gasteiger partial charge on any atom is -1.00 e. The zero-order valence-corrected chi connectivity index (χ0v) is 43.7. The summed E-state index contributed by atoms with van der Waals surface area (Å²) in [5.74, 6) is -0.218. The van der Waals surface area contributed by atoms with Crippen LogP contribution in [0.15, 0.2) is 11.0 Å². The summed E-state index contributed by atoms with van der Waals surface area (Å²) in [6.07, 6.45) is 39.0. The first-order valence-corrected chi connectivity index (χ1v) is 25.5. The van der Waals surface area contributed by atoms with Gasteiger partial charge in [0, 0.05) is 52.4 Å². The largest absolute Gasteiger partial charge is 1.00 e. The van der Waals surface area contributed by atoms with Crippen molar-refractivity contribution >= 4 is 34.6 Å². The number of unbranched alkanes of at least 4 members (excludes halogenated alkanes) is 25. The summed E-state index contributed by atoms with van der Waals surface area (Å²) in [6.45, 7) is 12.1. The normalized spacial score (nSPS) is 11.0. The summed E-state index contributed by atoms with van der Waals surface area (Å²) in [5.41, 5.74) is 7.12. The van der Waals surface area contributed by atoms with Crippen LogP contribution in [0.2, 0.25) is 0 Å². The van der Waals surface area contributed by atoms with E-state index in [1.165, 1.54) is 175 Å². The number of thiazole rings is 2. The molecule has 2 rings (SSSR count). The molecule has 2 heterocycles. The maximum absolute atomic E-state index is 12.3. The highest BCUT2D eigenvalue weighted by molar-refractivity contribution is 7.09. The second-order valence-electron chi connectivity index (χ2n) is 16.5. The minimum atomic E-state index is -0.109. The molecule has 2 aromatic rings. The molecule has 0 bridgehead atoms. The Morgan fingerprint density at radius 2 is 0.724 bits per heavy atom. The number of carbonyl (C=O) groups excluding carboxylic acids is 2.